The third kappa shape index (κ3) is 6.96. The van der Waals surface area contributed by atoms with E-state index in [0.29, 0.717) is 0 Å². The summed E-state index contributed by atoms with van der Waals surface area (Å²) in [5.41, 5.74) is 4.80. The molecule has 158 valence electrons. The lowest BCUT2D eigenvalue weighted by molar-refractivity contribution is 0.0659. The molecule has 2 aromatic rings. The highest BCUT2D eigenvalue weighted by atomic mass is 16.7. The van der Waals surface area contributed by atoms with E-state index in [1.54, 1.807) is 6.26 Å². The van der Waals surface area contributed by atoms with Crippen molar-refractivity contribution in [1.29, 1.82) is 0 Å². The number of hydrogen-bond acceptors (Lipinski definition) is 4. The van der Waals surface area contributed by atoms with Crippen LogP contribution in [0.2, 0.25) is 0 Å². The molecule has 0 saturated heterocycles. The second-order valence-electron chi connectivity index (χ2n) is 7.33. The van der Waals surface area contributed by atoms with Crippen LogP contribution >= 0.6 is 0 Å². The van der Waals surface area contributed by atoms with Crippen LogP contribution in [-0.4, -0.2) is 19.4 Å². The molecular formula is C26H30O4. The second kappa shape index (κ2) is 11.7. The number of aryl methyl sites for hydroxylation is 1. The standard InChI is InChI=1S/C26H30O4/c1-5-7-8-21-9-13-23(14-10-21)26(3,4)24-15-11-22(12-16-24)17-18-28-19-20-30-25(27)29-6-2/h5-6,9-18H,1-2,7-8,19-20H2,3-4H3/b18-17-. The molecule has 0 spiro atoms. The summed E-state index contributed by atoms with van der Waals surface area (Å²) < 4.78 is 14.5. The first kappa shape index (κ1) is 23.0. The highest BCUT2D eigenvalue weighted by molar-refractivity contribution is 5.60. The van der Waals surface area contributed by atoms with Gasteiger partial charge in [-0.2, -0.15) is 0 Å². The van der Waals surface area contributed by atoms with Crippen LogP contribution in [0.25, 0.3) is 6.08 Å². The molecule has 0 bridgehead atoms. The van der Waals surface area contributed by atoms with Gasteiger partial charge in [-0.15, -0.1) is 6.58 Å². The van der Waals surface area contributed by atoms with Crippen LogP contribution < -0.4 is 0 Å². The van der Waals surface area contributed by atoms with Gasteiger partial charge in [-0.25, -0.2) is 4.79 Å². The summed E-state index contributed by atoms with van der Waals surface area (Å²) in [6, 6.07) is 17.2. The van der Waals surface area contributed by atoms with Gasteiger partial charge in [-0.3, -0.25) is 0 Å². The normalized spacial score (nSPS) is 11.1. The van der Waals surface area contributed by atoms with Crippen LogP contribution in [0.4, 0.5) is 4.79 Å². The molecule has 0 aromatic heterocycles. The van der Waals surface area contributed by atoms with Crippen molar-refractivity contribution < 1.29 is 19.0 Å². The van der Waals surface area contributed by atoms with Crippen molar-refractivity contribution >= 4 is 12.2 Å². The maximum Gasteiger partial charge on any atom is 0.513 e. The van der Waals surface area contributed by atoms with Gasteiger partial charge in [-0.05, 0) is 41.2 Å². The lowest BCUT2D eigenvalue weighted by Gasteiger charge is -2.26. The highest BCUT2D eigenvalue weighted by Gasteiger charge is 2.22. The number of rotatable bonds is 11. The number of allylic oxidation sites excluding steroid dienone is 1. The van der Waals surface area contributed by atoms with Gasteiger partial charge in [0.1, 0.15) is 13.2 Å². The minimum absolute atomic E-state index is 0.0902. The molecule has 0 fully saturated rings. The molecule has 4 heteroatoms. The summed E-state index contributed by atoms with van der Waals surface area (Å²) in [6.45, 7) is 11.9. The summed E-state index contributed by atoms with van der Waals surface area (Å²) in [7, 11) is 0. The first-order valence-electron chi connectivity index (χ1n) is 10.0. The van der Waals surface area contributed by atoms with Crippen LogP contribution in [-0.2, 0) is 26.0 Å². The van der Waals surface area contributed by atoms with Crippen LogP contribution in [0.15, 0.2) is 80.3 Å². The van der Waals surface area contributed by atoms with Gasteiger partial charge in [-0.1, -0.05) is 75.0 Å². The zero-order valence-electron chi connectivity index (χ0n) is 17.8. The average molecular weight is 407 g/mol. The Morgan fingerprint density at radius 3 is 2.20 bits per heavy atom. The molecule has 0 radical (unpaired) electrons. The maximum absolute atomic E-state index is 11.0. The molecule has 2 aromatic carbocycles. The first-order valence-corrected chi connectivity index (χ1v) is 10.0. The molecule has 2 rings (SSSR count). The van der Waals surface area contributed by atoms with Crippen molar-refractivity contribution in [3.8, 4) is 0 Å². The Labute approximate surface area is 179 Å². The van der Waals surface area contributed by atoms with Crippen LogP contribution in [0, 0.1) is 0 Å². The van der Waals surface area contributed by atoms with Crippen LogP contribution in [0.5, 0.6) is 0 Å². The van der Waals surface area contributed by atoms with E-state index in [4.69, 9.17) is 9.47 Å². The van der Waals surface area contributed by atoms with Gasteiger partial charge < -0.3 is 14.2 Å². The third-order valence-corrected chi connectivity index (χ3v) is 4.90. The zero-order valence-corrected chi connectivity index (χ0v) is 17.8. The van der Waals surface area contributed by atoms with E-state index in [1.165, 1.54) is 16.7 Å². The van der Waals surface area contributed by atoms with Gasteiger partial charge in [0, 0.05) is 5.41 Å². The van der Waals surface area contributed by atoms with E-state index in [-0.39, 0.29) is 18.6 Å². The predicted molar refractivity (Wildman–Crippen MR) is 121 cm³/mol. The zero-order chi connectivity index (χ0) is 21.8. The first-order chi connectivity index (χ1) is 14.5. The monoisotopic (exact) mass is 406 g/mol. The van der Waals surface area contributed by atoms with E-state index in [1.807, 2.05) is 12.2 Å². The fraction of sp³-hybridized carbons (Fsp3) is 0.269. The molecule has 0 saturated carbocycles. The Morgan fingerprint density at radius 2 is 1.60 bits per heavy atom. The molecule has 0 aliphatic heterocycles. The number of hydrogen-bond donors (Lipinski definition) is 0. The number of carbonyl (C=O) groups excluding carboxylic acids is 1. The van der Waals surface area contributed by atoms with E-state index in [2.05, 4.69) is 80.3 Å². The largest absolute Gasteiger partial charge is 0.513 e. The molecule has 0 amide bonds. The Bertz CT molecular complexity index is 846. The SMILES string of the molecule is C=CCCc1ccc(C(C)(C)c2ccc(/C=C\OCCOC(=O)OC=C)cc2)cc1. The molecule has 30 heavy (non-hydrogen) atoms. The summed E-state index contributed by atoms with van der Waals surface area (Å²) in [4.78, 5) is 11.0. The quantitative estimate of drug-likeness (QED) is 0.187. The average Bonchev–Trinajstić information content (AvgIpc) is 2.75. The van der Waals surface area contributed by atoms with E-state index >= 15 is 0 Å². The van der Waals surface area contributed by atoms with Crippen molar-refractivity contribution in [3.05, 3.63) is 103 Å². The van der Waals surface area contributed by atoms with Crippen molar-refractivity contribution in [2.75, 3.05) is 13.2 Å². The smallest absolute Gasteiger partial charge is 0.498 e. The molecule has 0 heterocycles. The molecule has 0 aliphatic rings. The predicted octanol–water partition coefficient (Wildman–Crippen LogP) is 6.42. The number of benzene rings is 2. The van der Waals surface area contributed by atoms with Gasteiger partial charge in [0.25, 0.3) is 0 Å². The second-order valence-corrected chi connectivity index (χ2v) is 7.33. The van der Waals surface area contributed by atoms with Crippen molar-refractivity contribution in [2.24, 2.45) is 0 Å². The summed E-state index contributed by atoms with van der Waals surface area (Å²) in [6.07, 6.45) is 7.66. The van der Waals surface area contributed by atoms with Crippen molar-refractivity contribution in [1.82, 2.24) is 0 Å². The van der Waals surface area contributed by atoms with Gasteiger partial charge >= 0.3 is 6.16 Å². The minimum atomic E-state index is -0.790. The van der Waals surface area contributed by atoms with E-state index in [0.717, 1.165) is 24.7 Å². The number of carbonyl (C=O) groups is 1. The van der Waals surface area contributed by atoms with Crippen molar-refractivity contribution in [2.45, 2.75) is 32.1 Å². The molecule has 0 N–H and O–H groups in total. The van der Waals surface area contributed by atoms with Gasteiger partial charge in [0.15, 0.2) is 0 Å². The van der Waals surface area contributed by atoms with E-state index < -0.39 is 6.16 Å². The highest BCUT2D eigenvalue weighted by Crippen LogP contribution is 2.32. The molecular weight excluding hydrogens is 376 g/mol. The van der Waals surface area contributed by atoms with Gasteiger partial charge in [0.2, 0.25) is 0 Å². The lowest BCUT2D eigenvalue weighted by Crippen LogP contribution is -2.18. The Morgan fingerprint density at radius 1 is 0.967 bits per heavy atom. The minimum Gasteiger partial charge on any atom is -0.498 e. The fourth-order valence-corrected chi connectivity index (χ4v) is 3.00. The Kier molecular flexibility index (Phi) is 8.95. The van der Waals surface area contributed by atoms with Gasteiger partial charge in [0.05, 0.1) is 12.5 Å². The topological polar surface area (TPSA) is 44.8 Å². The molecule has 0 aliphatic carbocycles. The molecule has 0 atom stereocenters. The Balaban J connectivity index is 1.90. The van der Waals surface area contributed by atoms with Crippen molar-refractivity contribution in [3.63, 3.8) is 0 Å². The lowest BCUT2D eigenvalue weighted by atomic mass is 9.77. The van der Waals surface area contributed by atoms with E-state index in [9.17, 15) is 4.79 Å². The summed E-state index contributed by atoms with van der Waals surface area (Å²) in [5, 5.41) is 0. The fourth-order valence-electron chi connectivity index (χ4n) is 3.00. The number of ether oxygens (including phenoxy) is 3. The summed E-state index contributed by atoms with van der Waals surface area (Å²) in [5.74, 6) is 0. The third-order valence-electron chi connectivity index (χ3n) is 4.90. The summed E-state index contributed by atoms with van der Waals surface area (Å²) >= 11 is 0. The van der Waals surface area contributed by atoms with Crippen LogP contribution in [0.3, 0.4) is 0 Å². The Hall–Kier alpha value is -3.27. The molecule has 0 unspecified atom stereocenters. The molecule has 4 nitrogen and oxygen atoms in total. The van der Waals surface area contributed by atoms with Crippen LogP contribution in [0.1, 0.15) is 42.5 Å². The maximum atomic E-state index is 11.0.